The van der Waals surface area contributed by atoms with Gasteiger partial charge in [0.25, 0.3) is 0 Å². The van der Waals surface area contributed by atoms with Crippen molar-refractivity contribution in [1.29, 1.82) is 5.26 Å². The van der Waals surface area contributed by atoms with E-state index >= 15 is 0 Å². The van der Waals surface area contributed by atoms with Crippen molar-refractivity contribution in [3.8, 4) is 6.07 Å². The van der Waals surface area contributed by atoms with E-state index in [-0.39, 0.29) is 0 Å². The largest absolute Gasteiger partial charge is 0.398 e. The van der Waals surface area contributed by atoms with Crippen molar-refractivity contribution in [2.24, 2.45) is 5.73 Å². The van der Waals surface area contributed by atoms with Crippen LogP contribution in [0.2, 0.25) is 0 Å². The van der Waals surface area contributed by atoms with E-state index in [0.717, 1.165) is 0 Å². The number of nitriles is 1. The van der Waals surface area contributed by atoms with Gasteiger partial charge in [-0.25, -0.2) is 0 Å². The number of nitrogens with zero attached hydrogens (tertiary/aromatic N) is 1. The lowest BCUT2D eigenvalue weighted by Gasteiger charge is -2.02. The topological polar surface area (TPSA) is 49.8 Å². The summed E-state index contributed by atoms with van der Waals surface area (Å²) in [6.45, 7) is 0. The molecule has 1 rings (SSSR count). The fourth-order valence-electron chi connectivity index (χ4n) is 0.365. The number of hydrogen-bond acceptors (Lipinski definition) is 2. The van der Waals surface area contributed by atoms with Gasteiger partial charge in [0, 0.05) is 5.70 Å². The Morgan fingerprint density at radius 3 is 2.29 bits per heavy atom. The zero-order valence-electron chi connectivity index (χ0n) is 3.68. The number of rotatable bonds is 0. The van der Waals surface area contributed by atoms with Crippen LogP contribution < -0.4 is 5.73 Å². The van der Waals surface area contributed by atoms with Crippen LogP contribution in [0, 0.1) is 11.3 Å². The molecule has 1 aliphatic carbocycles. The molecule has 0 saturated heterocycles. The van der Waals surface area contributed by atoms with Gasteiger partial charge in [-0.3, -0.25) is 0 Å². The highest BCUT2D eigenvalue weighted by atomic mass is 14.6. The summed E-state index contributed by atoms with van der Waals surface area (Å²) in [4.78, 5) is 0. The Hall–Kier alpha value is -1.23. The fourth-order valence-corrected chi connectivity index (χ4v) is 0.365. The van der Waals surface area contributed by atoms with E-state index < -0.39 is 0 Å². The van der Waals surface area contributed by atoms with Crippen LogP contribution in [0.5, 0.6) is 0 Å². The molecule has 0 aromatic carbocycles. The minimum Gasteiger partial charge on any atom is -0.398 e. The first-order valence-corrected chi connectivity index (χ1v) is 1.92. The third kappa shape index (κ3) is 0.383. The molecule has 34 valence electrons. The maximum absolute atomic E-state index is 8.12. The number of nitrogens with two attached hydrogens (primary N) is 1. The minimum atomic E-state index is 0.597. The highest BCUT2D eigenvalue weighted by Gasteiger charge is 2.03. The van der Waals surface area contributed by atoms with Gasteiger partial charge in [0.2, 0.25) is 0 Å². The molecule has 0 amide bonds. The van der Waals surface area contributed by atoms with E-state index in [0.29, 0.717) is 11.3 Å². The van der Waals surface area contributed by atoms with Gasteiger partial charge in [0.05, 0.1) is 5.57 Å². The molecule has 0 unspecified atom stereocenters. The van der Waals surface area contributed by atoms with Gasteiger partial charge in [-0.15, -0.1) is 0 Å². The summed E-state index contributed by atoms with van der Waals surface area (Å²) in [6.07, 6.45) is 3.40. The first kappa shape index (κ1) is 3.94. The van der Waals surface area contributed by atoms with E-state index in [1.807, 2.05) is 6.07 Å². The predicted molar refractivity (Wildman–Crippen MR) is 26.0 cm³/mol. The van der Waals surface area contributed by atoms with Crippen LogP contribution in [0.1, 0.15) is 0 Å². The fraction of sp³-hybridized carbons (Fsp3) is 0. The quantitative estimate of drug-likeness (QED) is 0.467. The van der Waals surface area contributed by atoms with E-state index in [9.17, 15) is 0 Å². The lowest BCUT2D eigenvalue weighted by molar-refractivity contribution is 1.29. The molecule has 0 saturated carbocycles. The van der Waals surface area contributed by atoms with Crippen LogP contribution >= 0.6 is 0 Å². The van der Waals surface area contributed by atoms with Gasteiger partial charge < -0.3 is 5.73 Å². The van der Waals surface area contributed by atoms with Crippen LogP contribution in [0.4, 0.5) is 0 Å². The molecule has 0 atom stereocenters. The van der Waals surface area contributed by atoms with Crippen molar-refractivity contribution in [2.75, 3.05) is 0 Å². The predicted octanol–water partition coefficient (Wildman–Crippen LogP) is 0.293. The second-order valence-electron chi connectivity index (χ2n) is 1.31. The zero-order valence-corrected chi connectivity index (χ0v) is 3.68. The molecule has 0 bridgehead atoms. The molecule has 7 heavy (non-hydrogen) atoms. The number of allylic oxidation sites excluding steroid dienone is 3. The van der Waals surface area contributed by atoms with Gasteiger partial charge in [-0.2, -0.15) is 5.26 Å². The lowest BCUT2D eigenvalue weighted by atomic mass is 10.1. The van der Waals surface area contributed by atoms with E-state index in [2.05, 4.69) is 0 Å². The molecule has 2 heteroatoms. The normalized spacial score (nSPS) is 15.9. The van der Waals surface area contributed by atoms with Crippen LogP contribution in [0.3, 0.4) is 0 Å². The van der Waals surface area contributed by atoms with Gasteiger partial charge in [-0.05, 0) is 12.2 Å². The molecule has 0 aromatic rings. The lowest BCUT2D eigenvalue weighted by Crippen LogP contribution is -2.04. The molecule has 1 aliphatic rings. The Labute approximate surface area is 41.5 Å². The van der Waals surface area contributed by atoms with Crippen molar-refractivity contribution in [3.63, 3.8) is 0 Å². The third-order valence-corrected chi connectivity index (χ3v) is 0.861. The highest BCUT2D eigenvalue weighted by molar-refractivity contribution is 5.51. The molecular formula is C5H4N2. The molecule has 0 radical (unpaired) electrons. The van der Waals surface area contributed by atoms with Gasteiger partial charge in [-0.1, -0.05) is 0 Å². The standard InChI is InChI=1S/C5H4N2/c6-3-4-1-2-5(4)7/h1-2H,7H2. The Morgan fingerprint density at radius 2 is 2.29 bits per heavy atom. The first-order valence-electron chi connectivity index (χ1n) is 1.92. The van der Waals surface area contributed by atoms with Crippen LogP contribution in [-0.2, 0) is 0 Å². The first-order chi connectivity index (χ1) is 3.34. The van der Waals surface area contributed by atoms with E-state index in [4.69, 9.17) is 11.0 Å². The van der Waals surface area contributed by atoms with Crippen LogP contribution in [0.15, 0.2) is 23.4 Å². The monoisotopic (exact) mass is 92.0 g/mol. The highest BCUT2D eigenvalue weighted by Crippen LogP contribution is 2.11. The second-order valence-corrected chi connectivity index (χ2v) is 1.31. The minimum absolute atomic E-state index is 0.597. The summed E-state index contributed by atoms with van der Waals surface area (Å²) in [5.41, 5.74) is 6.40. The Kier molecular flexibility index (Phi) is 0.633. The molecule has 0 fully saturated rings. The molecule has 0 heterocycles. The Bertz CT molecular complexity index is 181. The van der Waals surface area contributed by atoms with Crippen LogP contribution in [-0.4, -0.2) is 0 Å². The van der Waals surface area contributed by atoms with Crippen LogP contribution in [0.25, 0.3) is 0 Å². The van der Waals surface area contributed by atoms with Gasteiger partial charge in [0.1, 0.15) is 6.07 Å². The maximum Gasteiger partial charge on any atom is 0.101 e. The average molecular weight is 92.1 g/mol. The molecular weight excluding hydrogens is 88.1 g/mol. The Balaban J connectivity index is 2.69. The summed E-state index contributed by atoms with van der Waals surface area (Å²) >= 11 is 0. The summed E-state index contributed by atoms with van der Waals surface area (Å²) in [6, 6.07) is 1.92. The zero-order chi connectivity index (χ0) is 5.28. The van der Waals surface area contributed by atoms with Crippen molar-refractivity contribution < 1.29 is 0 Å². The molecule has 2 N–H and O–H groups in total. The summed E-state index contributed by atoms with van der Waals surface area (Å²) in [7, 11) is 0. The van der Waals surface area contributed by atoms with Crippen molar-refractivity contribution in [1.82, 2.24) is 0 Å². The SMILES string of the molecule is N#CC1=CC=C1N. The molecule has 0 aromatic heterocycles. The number of hydrogen-bond donors (Lipinski definition) is 1. The smallest absolute Gasteiger partial charge is 0.101 e. The maximum atomic E-state index is 8.12. The third-order valence-electron chi connectivity index (χ3n) is 0.861. The summed E-state index contributed by atoms with van der Waals surface area (Å²) < 4.78 is 0. The van der Waals surface area contributed by atoms with Gasteiger partial charge >= 0.3 is 0 Å². The van der Waals surface area contributed by atoms with Crippen molar-refractivity contribution >= 4 is 0 Å². The molecule has 0 aliphatic heterocycles. The molecule has 2 nitrogen and oxygen atoms in total. The average Bonchev–Trinajstić information content (AvgIpc) is 1.65. The summed E-state index contributed by atoms with van der Waals surface area (Å²) in [5.74, 6) is 0. The Morgan fingerprint density at radius 1 is 1.57 bits per heavy atom. The van der Waals surface area contributed by atoms with E-state index in [1.165, 1.54) is 0 Å². The van der Waals surface area contributed by atoms with Crippen molar-refractivity contribution in [2.45, 2.75) is 0 Å². The van der Waals surface area contributed by atoms with Gasteiger partial charge in [0.15, 0.2) is 0 Å². The van der Waals surface area contributed by atoms with Crippen molar-refractivity contribution in [3.05, 3.63) is 23.4 Å². The molecule has 0 spiro atoms. The second kappa shape index (κ2) is 1.12. The van der Waals surface area contributed by atoms with E-state index in [1.54, 1.807) is 12.2 Å². The summed E-state index contributed by atoms with van der Waals surface area (Å²) in [5, 5.41) is 8.12.